The lowest BCUT2D eigenvalue weighted by Gasteiger charge is -2.31. The highest BCUT2D eigenvalue weighted by Gasteiger charge is 2.24. The molecule has 2 aromatic rings. The molecule has 1 fully saturated rings. The first-order valence-electron chi connectivity index (χ1n) is 12.4. The van der Waals surface area contributed by atoms with E-state index in [1.807, 2.05) is 25.1 Å². The lowest BCUT2D eigenvalue weighted by Crippen LogP contribution is -2.17. The van der Waals surface area contributed by atoms with Crippen LogP contribution in [0.5, 0.6) is 5.75 Å². The molecule has 0 radical (unpaired) electrons. The third-order valence-electron chi connectivity index (χ3n) is 7.13. The van der Waals surface area contributed by atoms with Crippen LogP contribution in [0.3, 0.4) is 0 Å². The van der Waals surface area contributed by atoms with Crippen LogP contribution in [0.1, 0.15) is 105 Å². The average Bonchev–Trinajstić information content (AvgIpc) is 2.83. The van der Waals surface area contributed by atoms with Crippen LogP contribution in [0, 0.1) is 30.1 Å². The van der Waals surface area contributed by atoms with Crippen LogP contribution in [-0.4, -0.2) is 5.97 Å². The number of nitrogens with zero attached hydrogens (tertiary/aromatic N) is 1. The summed E-state index contributed by atoms with van der Waals surface area (Å²) in [6, 6.07) is 15.2. The van der Waals surface area contributed by atoms with E-state index in [1.54, 1.807) is 12.1 Å². The van der Waals surface area contributed by atoms with Crippen LogP contribution >= 0.6 is 0 Å². The van der Waals surface area contributed by atoms with Gasteiger partial charge in [0.2, 0.25) is 0 Å². The smallest absolute Gasteiger partial charge is 0.343 e. The molecule has 1 aliphatic carbocycles. The Balaban J connectivity index is 1.54. The largest absolute Gasteiger partial charge is 0.422 e. The zero-order valence-electron chi connectivity index (χ0n) is 19.9. The molecule has 170 valence electrons. The Hall–Kier alpha value is -2.60. The zero-order valence-corrected chi connectivity index (χ0v) is 19.9. The summed E-state index contributed by atoms with van der Waals surface area (Å²) in [4.78, 5) is 12.6. The monoisotopic (exact) mass is 431 g/mol. The Kier molecular flexibility index (Phi) is 8.91. The van der Waals surface area contributed by atoms with E-state index in [4.69, 9.17) is 4.74 Å². The Morgan fingerprint density at radius 3 is 2.44 bits per heavy atom. The van der Waals surface area contributed by atoms with E-state index < -0.39 is 5.97 Å². The van der Waals surface area contributed by atoms with E-state index >= 15 is 0 Å². The fourth-order valence-electron chi connectivity index (χ4n) is 5.05. The number of benzene rings is 2. The molecule has 1 unspecified atom stereocenters. The number of rotatable bonds is 9. The predicted molar refractivity (Wildman–Crippen MR) is 130 cm³/mol. The minimum Gasteiger partial charge on any atom is -0.422 e. The molecule has 0 spiro atoms. The summed E-state index contributed by atoms with van der Waals surface area (Å²) in [7, 11) is 0. The van der Waals surface area contributed by atoms with Gasteiger partial charge in [0.25, 0.3) is 0 Å². The van der Waals surface area contributed by atoms with Crippen molar-refractivity contribution in [2.75, 3.05) is 0 Å². The van der Waals surface area contributed by atoms with E-state index in [-0.39, 0.29) is 0 Å². The summed E-state index contributed by atoms with van der Waals surface area (Å²) >= 11 is 0. The van der Waals surface area contributed by atoms with Crippen molar-refractivity contribution in [2.45, 2.75) is 84.5 Å². The second-order valence-electron chi connectivity index (χ2n) is 9.49. The number of hydrogen-bond donors (Lipinski definition) is 0. The third-order valence-corrected chi connectivity index (χ3v) is 7.13. The summed E-state index contributed by atoms with van der Waals surface area (Å²) < 4.78 is 5.49. The van der Waals surface area contributed by atoms with Gasteiger partial charge in [-0.15, -0.1) is 0 Å². The quantitative estimate of drug-likeness (QED) is 0.299. The van der Waals surface area contributed by atoms with Gasteiger partial charge in [-0.05, 0) is 92.2 Å². The number of esters is 1. The van der Waals surface area contributed by atoms with Crippen molar-refractivity contribution in [3.8, 4) is 11.8 Å². The molecule has 0 heterocycles. The molecule has 1 saturated carbocycles. The maximum atomic E-state index is 12.6. The summed E-state index contributed by atoms with van der Waals surface area (Å²) in [6.07, 6.45) is 11.9. The first-order valence-corrected chi connectivity index (χ1v) is 12.4. The zero-order chi connectivity index (χ0) is 22.9. The summed E-state index contributed by atoms with van der Waals surface area (Å²) in [5.74, 6) is 2.27. The molecular formula is C29H37NO2. The van der Waals surface area contributed by atoms with Gasteiger partial charge in [0.15, 0.2) is 0 Å². The van der Waals surface area contributed by atoms with Crippen LogP contribution in [-0.2, 0) is 0 Å². The lowest BCUT2D eigenvalue weighted by atomic mass is 9.75. The van der Waals surface area contributed by atoms with Crippen molar-refractivity contribution in [3.05, 3.63) is 64.7 Å². The molecule has 1 aliphatic rings. The fourth-order valence-corrected chi connectivity index (χ4v) is 5.05. The highest BCUT2D eigenvalue weighted by molar-refractivity contribution is 5.91. The third kappa shape index (κ3) is 6.45. The minimum atomic E-state index is -0.418. The molecule has 0 bridgehead atoms. The van der Waals surface area contributed by atoms with Crippen LogP contribution < -0.4 is 4.74 Å². The number of unbranched alkanes of at least 4 members (excludes halogenated alkanes) is 1. The predicted octanol–water partition coefficient (Wildman–Crippen LogP) is 7.97. The maximum Gasteiger partial charge on any atom is 0.343 e. The fraction of sp³-hybridized carbons (Fsp3) is 0.517. The van der Waals surface area contributed by atoms with Crippen LogP contribution in [0.4, 0.5) is 0 Å². The topological polar surface area (TPSA) is 50.1 Å². The first-order chi connectivity index (χ1) is 15.5. The number of carbonyl (C=O) groups is 1. The molecule has 3 heteroatoms. The number of ether oxygens (including phenoxy) is 1. The van der Waals surface area contributed by atoms with Crippen LogP contribution in [0.15, 0.2) is 42.5 Å². The van der Waals surface area contributed by atoms with E-state index in [1.165, 1.54) is 63.4 Å². The van der Waals surface area contributed by atoms with Gasteiger partial charge in [0, 0.05) is 0 Å². The molecule has 1 atom stereocenters. The van der Waals surface area contributed by atoms with Crippen molar-refractivity contribution in [2.24, 2.45) is 11.8 Å². The SMILES string of the molecule is CCCCC(CC)CC1CCC(c2ccc(C(=O)Oc3ccc(C)cc3C#N)cc2)CC1. The molecule has 3 nitrogen and oxygen atoms in total. The number of hydrogen-bond acceptors (Lipinski definition) is 3. The molecular weight excluding hydrogens is 394 g/mol. The van der Waals surface area contributed by atoms with Crippen molar-refractivity contribution in [1.29, 1.82) is 5.26 Å². The molecule has 0 aromatic heterocycles. The van der Waals surface area contributed by atoms with E-state index in [2.05, 4.69) is 32.0 Å². The molecule has 0 aliphatic heterocycles. The molecule has 3 rings (SSSR count). The van der Waals surface area contributed by atoms with Gasteiger partial charge in [-0.25, -0.2) is 4.79 Å². The second kappa shape index (κ2) is 11.9. The molecule has 0 amide bonds. The average molecular weight is 432 g/mol. The lowest BCUT2D eigenvalue weighted by molar-refractivity contribution is 0.0734. The van der Waals surface area contributed by atoms with Gasteiger partial charge in [-0.3, -0.25) is 0 Å². The van der Waals surface area contributed by atoms with Gasteiger partial charge in [-0.2, -0.15) is 5.26 Å². The van der Waals surface area contributed by atoms with Gasteiger partial charge >= 0.3 is 5.97 Å². The Labute approximate surface area is 193 Å². The summed E-state index contributed by atoms with van der Waals surface area (Å²) in [6.45, 7) is 6.54. The van der Waals surface area contributed by atoms with Gasteiger partial charge in [-0.1, -0.05) is 57.7 Å². The Morgan fingerprint density at radius 2 is 1.81 bits per heavy atom. The Morgan fingerprint density at radius 1 is 1.09 bits per heavy atom. The van der Waals surface area contributed by atoms with Crippen molar-refractivity contribution in [3.63, 3.8) is 0 Å². The maximum absolute atomic E-state index is 12.6. The number of nitriles is 1. The minimum absolute atomic E-state index is 0.315. The molecule has 0 N–H and O–H groups in total. The van der Waals surface area contributed by atoms with E-state index in [9.17, 15) is 10.1 Å². The highest BCUT2D eigenvalue weighted by Crippen LogP contribution is 2.39. The first kappa shape index (κ1) is 24.1. The summed E-state index contributed by atoms with van der Waals surface area (Å²) in [5.41, 5.74) is 3.19. The molecule has 32 heavy (non-hydrogen) atoms. The van der Waals surface area contributed by atoms with Crippen LogP contribution in [0.2, 0.25) is 0 Å². The highest BCUT2D eigenvalue weighted by atomic mass is 16.5. The van der Waals surface area contributed by atoms with E-state index in [0.717, 1.165) is 17.4 Å². The van der Waals surface area contributed by atoms with Crippen LogP contribution in [0.25, 0.3) is 0 Å². The van der Waals surface area contributed by atoms with Crippen molar-refractivity contribution < 1.29 is 9.53 Å². The normalized spacial score (nSPS) is 19.2. The van der Waals surface area contributed by atoms with Gasteiger partial charge in [0.05, 0.1) is 11.1 Å². The van der Waals surface area contributed by atoms with E-state index in [0.29, 0.717) is 22.8 Å². The standard InChI is InChI=1S/C29H37NO2/c1-4-6-7-22(5-2)19-23-9-11-24(12-10-23)25-13-15-26(16-14-25)29(31)32-28-17-8-21(3)18-27(28)20-30/h8,13-18,22-24H,4-7,9-12,19H2,1-3H3. The van der Waals surface area contributed by atoms with Gasteiger partial charge < -0.3 is 4.74 Å². The van der Waals surface area contributed by atoms with Gasteiger partial charge in [0.1, 0.15) is 11.8 Å². The second-order valence-corrected chi connectivity index (χ2v) is 9.49. The molecule has 0 saturated heterocycles. The van der Waals surface area contributed by atoms with Crippen molar-refractivity contribution in [1.82, 2.24) is 0 Å². The summed E-state index contributed by atoms with van der Waals surface area (Å²) in [5, 5.41) is 9.28. The number of carbonyl (C=O) groups excluding carboxylic acids is 1. The number of aryl methyl sites for hydroxylation is 1. The van der Waals surface area contributed by atoms with Crippen molar-refractivity contribution >= 4 is 5.97 Å². The molecule has 2 aromatic carbocycles. The Bertz CT molecular complexity index is 917.